The van der Waals surface area contributed by atoms with Gasteiger partial charge in [-0.1, -0.05) is 79.2 Å². The van der Waals surface area contributed by atoms with Crippen LogP contribution in [0, 0.1) is 12.7 Å². The summed E-state index contributed by atoms with van der Waals surface area (Å²) in [7, 11) is -3.79. The summed E-state index contributed by atoms with van der Waals surface area (Å²) in [6, 6.07) is 22.1. The average molecular weight is 582 g/mol. The van der Waals surface area contributed by atoms with Gasteiger partial charge in [0.2, 0.25) is 21.8 Å². The number of para-hydroxylation sites is 1. The molecule has 3 aromatic carbocycles. The van der Waals surface area contributed by atoms with E-state index in [1.54, 1.807) is 11.0 Å². The van der Waals surface area contributed by atoms with E-state index in [0.29, 0.717) is 6.42 Å². The zero-order valence-electron chi connectivity index (χ0n) is 24.2. The molecule has 3 aromatic rings. The molecule has 0 heterocycles. The SMILES string of the molecule is CCC(C)NC(=O)C(Cc1ccccc1)N(Cc1ccc(C)cc1)C(=O)CCCN(c1ccccc1F)S(C)(=O)=O. The van der Waals surface area contributed by atoms with Crippen molar-refractivity contribution in [1.82, 2.24) is 10.2 Å². The molecule has 0 saturated heterocycles. The van der Waals surface area contributed by atoms with Crippen molar-refractivity contribution in [3.05, 3.63) is 101 Å². The summed E-state index contributed by atoms with van der Waals surface area (Å²) >= 11 is 0. The van der Waals surface area contributed by atoms with Crippen molar-refractivity contribution < 1.29 is 22.4 Å². The zero-order valence-corrected chi connectivity index (χ0v) is 25.0. The predicted molar refractivity (Wildman–Crippen MR) is 161 cm³/mol. The third-order valence-electron chi connectivity index (χ3n) is 7.02. The Kier molecular flexibility index (Phi) is 11.5. The van der Waals surface area contributed by atoms with Crippen molar-refractivity contribution in [3.8, 4) is 0 Å². The van der Waals surface area contributed by atoms with Gasteiger partial charge < -0.3 is 10.2 Å². The average Bonchev–Trinajstić information content (AvgIpc) is 2.94. The topological polar surface area (TPSA) is 86.8 Å². The third kappa shape index (κ3) is 9.42. The number of rotatable bonds is 14. The molecule has 220 valence electrons. The molecule has 0 aliphatic rings. The molecule has 2 amide bonds. The number of nitrogens with zero attached hydrogens (tertiary/aromatic N) is 2. The van der Waals surface area contributed by atoms with Crippen LogP contribution in [0.2, 0.25) is 0 Å². The van der Waals surface area contributed by atoms with Gasteiger partial charge in [-0.25, -0.2) is 12.8 Å². The summed E-state index contributed by atoms with van der Waals surface area (Å²) in [5, 5.41) is 3.04. The maximum Gasteiger partial charge on any atom is 0.243 e. The summed E-state index contributed by atoms with van der Waals surface area (Å²) in [5.74, 6) is -1.18. The quantitative estimate of drug-likeness (QED) is 0.282. The lowest BCUT2D eigenvalue weighted by Crippen LogP contribution is -2.52. The minimum absolute atomic E-state index is 0.0196. The lowest BCUT2D eigenvalue weighted by atomic mass is 10.0. The minimum Gasteiger partial charge on any atom is -0.352 e. The van der Waals surface area contributed by atoms with Crippen LogP contribution in [0.5, 0.6) is 0 Å². The van der Waals surface area contributed by atoms with E-state index >= 15 is 0 Å². The fourth-order valence-electron chi connectivity index (χ4n) is 4.52. The first-order valence-corrected chi connectivity index (χ1v) is 15.8. The molecule has 1 N–H and O–H groups in total. The Hall–Kier alpha value is -3.72. The van der Waals surface area contributed by atoms with E-state index < -0.39 is 21.9 Å². The van der Waals surface area contributed by atoms with E-state index in [1.165, 1.54) is 18.2 Å². The van der Waals surface area contributed by atoms with Crippen LogP contribution < -0.4 is 9.62 Å². The number of sulfonamides is 1. The Balaban J connectivity index is 1.89. The van der Waals surface area contributed by atoms with Crippen LogP contribution in [0.4, 0.5) is 10.1 Å². The highest BCUT2D eigenvalue weighted by Crippen LogP contribution is 2.23. The van der Waals surface area contributed by atoms with E-state index in [-0.39, 0.29) is 49.5 Å². The van der Waals surface area contributed by atoms with Gasteiger partial charge in [-0.15, -0.1) is 0 Å². The first-order chi connectivity index (χ1) is 19.5. The van der Waals surface area contributed by atoms with Crippen LogP contribution in [0.25, 0.3) is 0 Å². The Morgan fingerprint density at radius 3 is 2.17 bits per heavy atom. The summed E-state index contributed by atoms with van der Waals surface area (Å²) in [6.07, 6.45) is 2.21. The molecule has 2 unspecified atom stereocenters. The number of hydrogen-bond donors (Lipinski definition) is 1. The minimum atomic E-state index is -3.79. The van der Waals surface area contributed by atoms with Crippen LogP contribution in [-0.2, 0) is 32.6 Å². The van der Waals surface area contributed by atoms with Crippen molar-refractivity contribution in [3.63, 3.8) is 0 Å². The normalized spacial score (nSPS) is 12.8. The molecule has 0 aliphatic heterocycles. The highest BCUT2D eigenvalue weighted by atomic mass is 32.2. The zero-order chi connectivity index (χ0) is 30.0. The van der Waals surface area contributed by atoms with Crippen molar-refractivity contribution in [2.75, 3.05) is 17.1 Å². The molecule has 0 aliphatic carbocycles. The maximum absolute atomic E-state index is 14.5. The number of amides is 2. The first-order valence-electron chi connectivity index (χ1n) is 13.9. The molecule has 0 radical (unpaired) electrons. The predicted octanol–water partition coefficient (Wildman–Crippen LogP) is 5.24. The van der Waals surface area contributed by atoms with Gasteiger partial charge >= 0.3 is 0 Å². The third-order valence-corrected chi connectivity index (χ3v) is 8.20. The van der Waals surface area contributed by atoms with Gasteiger partial charge in [-0.05, 0) is 49.9 Å². The fourth-order valence-corrected chi connectivity index (χ4v) is 5.49. The molecule has 0 spiro atoms. The fraction of sp³-hybridized carbons (Fsp3) is 0.375. The first kappa shape index (κ1) is 31.8. The molecule has 0 fully saturated rings. The van der Waals surface area contributed by atoms with Gasteiger partial charge in [0, 0.05) is 32.0 Å². The van der Waals surface area contributed by atoms with Gasteiger partial charge in [-0.2, -0.15) is 0 Å². The molecule has 7 nitrogen and oxygen atoms in total. The molecule has 41 heavy (non-hydrogen) atoms. The molecular weight excluding hydrogens is 541 g/mol. The highest BCUT2D eigenvalue weighted by Gasteiger charge is 2.31. The van der Waals surface area contributed by atoms with Gasteiger partial charge in [0.1, 0.15) is 11.9 Å². The lowest BCUT2D eigenvalue weighted by Gasteiger charge is -2.32. The number of halogens is 1. The number of aryl methyl sites for hydroxylation is 1. The smallest absolute Gasteiger partial charge is 0.243 e. The molecule has 9 heteroatoms. The van der Waals surface area contributed by atoms with Gasteiger partial charge in [0.15, 0.2) is 0 Å². The van der Waals surface area contributed by atoms with Gasteiger partial charge in [0.05, 0.1) is 11.9 Å². The number of nitrogens with one attached hydrogen (secondary N) is 1. The van der Waals surface area contributed by atoms with Crippen molar-refractivity contribution in [2.45, 2.75) is 65.1 Å². The summed E-state index contributed by atoms with van der Waals surface area (Å²) in [6.45, 7) is 6.02. The largest absolute Gasteiger partial charge is 0.352 e. The van der Waals surface area contributed by atoms with Gasteiger partial charge in [-0.3, -0.25) is 13.9 Å². The Bertz CT molecular complexity index is 1400. The Morgan fingerprint density at radius 2 is 1.56 bits per heavy atom. The summed E-state index contributed by atoms with van der Waals surface area (Å²) < 4.78 is 40.5. The van der Waals surface area contributed by atoms with Crippen LogP contribution in [0.1, 0.15) is 49.8 Å². The molecule has 0 bridgehead atoms. The van der Waals surface area contributed by atoms with Crippen LogP contribution in [0.15, 0.2) is 78.9 Å². The second-order valence-corrected chi connectivity index (χ2v) is 12.3. The standard InChI is InChI=1S/C32H40FN3O4S/c1-5-25(3)34-32(38)30(22-26-12-7-6-8-13-26)35(23-27-19-17-24(2)18-20-27)31(37)16-11-21-36(41(4,39)40)29-15-10-9-14-28(29)33/h6-10,12-15,17-20,25,30H,5,11,16,21-23H2,1-4H3,(H,34,38). The number of carbonyl (C=O) groups excluding carboxylic acids is 2. The number of carbonyl (C=O) groups is 2. The van der Waals surface area contributed by atoms with E-state index in [2.05, 4.69) is 5.32 Å². The number of benzene rings is 3. The van der Waals surface area contributed by atoms with Crippen LogP contribution in [0.3, 0.4) is 0 Å². The molecule has 2 atom stereocenters. The van der Waals surface area contributed by atoms with E-state index in [9.17, 15) is 22.4 Å². The number of hydrogen-bond acceptors (Lipinski definition) is 4. The molecular formula is C32H40FN3O4S. The molecule has 3 rings (SSSR count). The van der Waals surface area contributed by atoms with Crippen molar-refractivity contribution in [1.29, 1.82) is 0 Å². The highest BCUT2D eigenvalue weighted by molar-refractivity contribution is 7.92. The maximum atomic E-state index is 14.5. The lowest BCUT2D eigenvalue weighted by molar-refractivity contribution is -0.141. The number of anilines is 1. The van der Waals surface area contributed by atoms with Gasteiger partial charge in [0.25, 0.3) is 0 Å². The van der Waals surface area contributed by atoms with E-state index in [0.717, 1.165) is 33.7 Å². The summed E-state index contributed by atoms with van der Waals surface area (Å²) in [4.78, 5) is 29.0. The molecule has 0 aromatic heterocycles. The summed E-state index contributed by atoms with van der Waals surface area (Å²) in [5.41, 5.74) is 2.81. The van der Waals surface area contributed by atoms with Crippen molar-refractivity contribution in [2.24, 2.45) is 0 Å². The van der Waals surface area contributed by atoms with E-state index in [1.807, 2.05) is 75.4 Å². The second kappa shape index (κ2) is 14.8. The second-order valence-electron chi connectivity index (χ2n) is 10.4. The monoisotopic (exact) mass is 581 g/mol. The molecule has 0 saturated carbocycles. The Morgan fingerprint density at radius 1 is 0.927 bits per heavy atom. The van der Waals surface area contributed by atoms with Crippen molar-refractivity contribution >= 4 is 27.5 Å². The van der Waals surface area contributed by atoms with E-state index in [4.69, 9.17) is 0 Å². The van der Waals surface area contributed by atoms with Crippen LogP contribution in [-0.4, -0.2) is 50.0 Å². The Labute approximate surface area is 243 Å². The van der Waals surface area contributed by atoms with Crippen LogP contribution >= 0.6 is 0 Å².